The summed E-state index contributed by atoms with van der Waals surface area (Å²) in [6, 6.07) is 10.2. The molecule has 1 saturated carbocycles. The molecule has 1 aliphatic rings. The van der Waals surface area contributed by atoms with Crippen LogP contribution >= 0.6 is 11.6 Å². The van der Waals surface area contributed by atoms with E-state index >= 15 is 0 Å². The van der Waals surface area contributed by atoms with E-state index in [1.807, 2.05) is 0 Å². The van der Waals surface area contributed by atoms with Gasteiger partial charge in [-0.1, -0.05) is 23.7 Å². The molecule has 0 spiro atoms. The fourth-order valence-corrected chi connectivity index (χ4v) is 4.95. The van der Waals surface area contributed by atoms with Crippen molar-refractivity contribution in [1.29, 1.82) is 0 Å². The van der Waals surface area contributed by atoms with Gasteiger partial charge in [0.1, 0.15) is 0 Å². The molecule has 0 unspecified atom stereocenters. The maximum Gasteiger partial charge on any atom is 0.312 e. The predicted octanol–water partition coefficient (Wildman–Crippen LogP) is 3.66. The van der Waals surface area contributed by atoms with Crippen LogP contribution in [0.5, 0.6) is 5.75 Å². The first-order chi connectivity index (χ1) is 14.8. The van der Waals surface area contributed by atoms with Crippen LogP contribution in [0.4, 0.5) is 5.69 Å². The molecule has 2 aromatic carbocycles. The molecule has 3 aromatic rings. The third kappa shape index (κ3) is 4.24. The molecule has 10 nitrogen and oxygen atoms in total. The van der Waals surface area contributed by atoms with Gasteiger partial charge in [0.2, 0.25) is 21.8 Å². The van der Waals surface area contributed by atoms with Gasteiger partial charge in [0, 0.05) is 12.1 Å². The Morgan fingerprint density at radius 2 is 2.00 bits per heavy atom. The van der Waals surface area contributed by atoms with Crippen molar-refractivity contribution in [3.05, 3.63) is 63.5 Å². The number of nitro groups is 1. The van der Waals surface area contributed by atoms with E-state index in [0.717, 1.165) is 6.07 Å². The Bertz CT molecular complexity index is 1240. The van der Waals surface area contributed by atoms with Gasteiger partial charge in [-0.05, 0) is 37.1 Å². The molecule has 1 aliphatic carbocycles. The Balaban J connectivity index is 1.65. The second-order valence-electron chi connectivity index (χ2n) is 6.85. The zero-order chi connectivity index (χ0) is 22.2. The largest absolute Gasteiger partial charge is 0.490 e. The maximum atomic E-state index is 13.3. The number of rotatable bonds is 8. The van der Waals surface area contributed by atoms with Gasteiger partial charge in [0.15, 0.2) is 5.75 Å². The van der Waals surface area contributed by atoms with Crippen LogP contribution in [0.15, 0.2) is 51.8 Å². The summed E-state index contributed by atoms with van der Waals surface area (Å²) in [4.78, 5) is 10.4. The summed E-state index contributed by atoms with van der Waals surface area (Å²) in [7, 11) is -2.78. The lowest BCUT2D eigenvalue weighted by Gasteiger charge is -2.20. The van der Waals surface area contributed by atoms with Crippen molar-refractivity contribution < 1.29 is 22.5 Å². The Morgan fingerprint density at radius 1 is 1.26 bits per heavy atom. The highest BCUT2D eigenvalue weighted by molar-refractivity contribution is 7.89. The first-order valence-electron chi connectivity index (χ1n) is 9.23. The number of benzene rings is 2. The number of ether oxygens (including phenoxy) is 1. The number of nitro benzene ring substituents is 1. The lowest BCUT2D eigenvalue weighted by molar-refractivity contribution is -0.386. The normalized spacial score (nSPS) is 14.0. The number of aromatic nitrogens is 2. The minimum absolute atomic E-state index is 0.0248. The van der Waals surface area contributed by atoms with E-state index in [1.165, 1.54) is 23.5 Å². The summed E-state index contributed by atoms with van der Waals surface area (Å²) >= 11 is 6.15. The van der Waals surface area contributed by atoms with E-state index in [2.05, 4.69) is 10.2 Å². The fourth-order valence-electron chi connectivity index (χ4n) is 3.08. The van der Waals surface area contributed by atoms with Crippen molar-refractivity contribution in [3.8, 4) is 17.2 Å². The van der Waals surface area contributed by atoms with E-state index < -0.39 is 20.6 Å². The summed E-state index contributed by atoms with van der Waals surface area (Å²) in [5.41, 5.74) is 0.104. The SMILES string of the molecule is COc1ccc(S(=O)(=O)N(Cc2nnc(-c3ccccc3Cl)o2)C2CC2)cc1[N+](=O)[O-]. The molecule has 4 rings (SSSR count). The molecule has 162 valence electrons. The highest BCUT2D eigenvalue weighted by Crippen LogP contribution is 2.36. The zero-order valence-corrected chi connectivity index (χ0v) is 17.8. The van der Waals surface area contributed by atoms with Gasteiger partial charge in [0.05, 0.1) is 34.1 Å². The van der Waals surface area contributed by atoms with E-state index in [-0.39, 0.29) is 35.0 Å². The van der Waals surface area contributed by atoms with Gasteiger partial charge in [-0.2, -0.15) is 4.31 Å². The molecule has 0 aliphatic heterocycles. The van der Waals surface area contributed by atoms with Crippen LogP contribution < -0.4 is 4.74 Å². The highest BCUT2D eigenvalue weighted by Gasteiger charge is 2.40. The Morgan fingerprint density at radius 3 is 2.65 bits per heavy atom. The molecule has 12 heteroatoms. The van der Waals surface area contributed by atoms with Gasteiger partial charge < -0.3 is 9.15 Å². The standard InChI is InChI=1S/C19H17ClN4O6S/c1-29-17-9-8-13(10-16(17)24(25)26)31(27,28)23(12-6-7-12)11-18-21-22-19(30-18)14-4-2-3-5-15(14)20/h2-5,8-10,12H,6-7,11H2,1H3. The van der Waals surface area contributed by atoms with Crippen molar-refractivity contribution in [2.45, 2.75) is 30.3 Å². The third-order valence-electron chi connectivity index (χ3n) is 4.77. The van der Waals surface area contributed by atoms with Crippen molar-refractivity contribution in [3.63, 3.8) is 0 Å². The van der Waals surface area contributed by atoms with Gasteiger partial charge in [-0.3, -0.25) is 10.1 Å². The average Bonchev–Trinajstić information content (AvgIpc) is 3.49. The molecule has 0 bridgehead atoms. The minimum Gasteiger partial charge on any atom is -0.490 e. The molecule has 1 fully saturated rings. The quantitative estimate of drug-likeness (QED) is 0.364. The molecule has 0 N–H and O–H groups in total. The highest BCUT2D eigenvalue weighted by atomic mass is 35.5. The van der Waals surface area contributed by atoms with Crippen molar-refractivity contribution >= 4 is 27.3 Å². The molecule has 1 aromatic heterocycles. The monoisotopic (exact) mass is 464 g/mol. The van der Waals surface area contributed by atoms with E-state index in [1.54, 1.807) is 24.3 Å². The Labute approximate surface area is 182 Å². The molecule has 1 heterocycles. The van der Waals surface area contributed by atoms with Crippen LogP contribution in [0.2, 0.25) is 5.02 Å². The summed E-state index contributed by atoms with van der Waals surface area (Å²) in [5, 5.41) is 19.7. The van der Waals surface area contributed by atoms with Crippen LogP contribution in [-0.2, 0) is 16.6 Å². The van der Waals surface area contributed by atoms with Crippen molar-refractivity contribution in [1.82, 2.24) is 14.5 Å². The summed E-state index contributed by atoms with van der Waals surface area (Å²) in [6.45, 7) is -0.162. The molecule has 31 heavy (non-hydrogen) atoms. The summed E-state index contributed by atoms with van der Waals surface area (Å²) < 4.78 is 38.4. The third-order valence-corrected chi connectivity index (χ3v) is 6.99. The number of sulfonamides is 1. The number of nitrogens with zero attached hydrogens (tertiary/aromatic N) is 4. The van der Waals surface area contributed by atoms with Crippen LogP contribution in [0.1, 0.15) is 18.7 Å². The van der Waals surface area contributed by atoms with Gasteiger partial charge >= 0.3 is 5.69 Å². The van der Waals surface area contributed by atoms with Crippen LogP contribution in [-0.4, -0.2) is 41.0 Å². The molecule has 0 atom stereocenters. The van der Waals surface area contributed by atoms with Crippen molar-refractivity contribution in [2.24, 2.45) is 0 Å². The number of halogens is 1. The lowest BCUT2D eigenvalue weighted by Crippen LogP contribution is -2.32. The second kappa shape index (κ2) is 8.25. The first-order valence-corrected chi connectivity index (χ1v) is 11.0. The molecular weight excluding hydrogens is 448 g/mol. The molecule has 0 saturated heterocycles. The molecular formula is C19H17ClN4O6S. The van der Waals surface area contributed by atoms with Gasteiger partial charge in [-0.25, -0.2) is 8.42 Å². The second-order valence-corrected chi connectivity index (χ2v) is 9.15. The van der Waals surface area contributed by atoms with Gasteiger partial charge in [-0.15, -0.1) is 10.2 Å². The average molecular weight is 465 g/mol. The number of methoxy groups -OCH3 is 1. The zero-order valence-electron chi connectivity index (χ0n) is 16.3. The number of hydrogen-bond donors (Lipinski definition) is 0. The minimum atomic E-state index is -4.06. The Kier molecular flexibility index (Phi) is 5.65. The fraction of sp³-hybridized carbons (Fsp3) is 0.263. The molecule has 0 radical (unpaired) electrons. The van der Waals surface area contributed by atoms with E-state index in [0.29, 0.717) is 23.4 Å². The van der Waals surface area contributed by atoms with E-state index in [9.17, 15) is 18.5 Å². The first kappa shape index (κ1) is 21.2. The van der Waals surface area contributed by atoms with Crippen LogP contribution in [0, 0.1) is 10.1 Å². The summed E-state index contributed by atoms with van der Waals surface area (Å²) in [5.74, 6) is 0.241. The van der Waals surface area contributed by atoms with E-state index in [4.69, 9.17) is 20.8 Å². The Hall–Kier alpha value is -3.02. The van der Waals surface area contributed by atoms with Crippen LogP contribution in [0.3, 0.4) is 0 Å². The smallest absolute Gasteiger partial charge is 0.312 e. The van der Waals surface area contributed by atoms with Gasteiger partial charge in [0.25, 0.3) is 0 Å². The van der Waals surface area contributed by atoms with Crippen molar-refractivity contribution in [2.75, 3.05) is 7.11 Å². The number of hydrogen-bond acceptors (Lipinski definition) is 8. The topological polar surface area (TPSA) is 129 Å². The predicted molar refractivity (Wildman–Crippen MR) is 110 cm³/mol. The molecule has 0 amide bonds. The van der Waals surface area contributed by atoms with Crippen LogP contribution in [0.25, 0.3) is 11.5 Å². The summed E-state index contributed by atoms with van der Waals surface area (Å²) in [6.07, 6.45) is 1.34. The maximum absolute atomic E-state index is 13.3. The lowest BCUT2D eigenvalue weighted by atomic mass is 10.2.